The van der Waals surface area contributed by atoms with E-state index in [4.69, 9.17) is 4.74 Å². The molecule has 0 saturated carbocycles. The number of nitrogens with zero attached hydrogens (tertiary/aromatic N) is 5. The highest BCUT2D eigenvalue weighted by atomic mass is 16.5. The van der Waals surface area contributed by atoms with Gasteiger partial charge < -0.3 is 14.2 Å². The summed E-state index contributed by atoms with van der Waals surface area (Å²) < 4.78 is 9.32. The van der Waals surface area contributed by atoms with E-state index in [2.05, 4.69) is 10.3 Å². The number of carbonyl (C=O) groups excluding carboxylic acids is 1. The Balaban J connectivity index is 1.75. The lowest BCUT2D eigenvalue weighted by Gasteiger charge is -2.34. The monoisotopic (exact) mass is 353 g/mol. The van der Waals surface area contributed by atoms with Gasteiger partial charge in [-0.05, 0) is 13.0 Å². The molecule has 0 spiro atoms. The third-order valence-electron chi connectivity index (χ3n) is 5.16. The Kier molecular flexibility index (Phi) is 4.24. The maximum atomic E-state index is 13.4. The molecule has 0 bridgehead atoms. The number of methoxy groups -OCH3 is 1. The fourth-order valence-corrected chi connectivity index (χ4v) is 3.88. The van der Waals surface area contributed by atoms with Crippen molar-refractivity contribution in [2.75, 3.05) is 20.3 Å². The van der Waals surface area contributed by atoms with Crippen LogP contribution < -0.4 is 0 Å². The number of ether oxygens (including phenoxy) is 1. The van der Waals surface area contributed by atoms with Crippen LogP contribution in [0.2, 0.25) is 0 Å². The zero-order valence-electron chi connectivity index (χ0n) is 15.3. The molecule has 3 aromatic rings. The second-order valence-electron chi connectivity index (χ2n) is 6.63. The summed E-state index contributed by atoms with van der Waals surface area (Å²) in [5.74, 6) is 0.0144. The topological polar surface area (TPSA) is 65.2 Å². The number of fused-ring (bicyclic) bond motifs is 2. The van der Waals surface area contributed by atoms with Gasteiger partial charge in [-0.3, -0.25) is 4.79 Å². The third kappa shape index (κ3) is 2.50. The van der Waals surface area contributed by atoms with Crippen molar-refractivity contribution in [2.24, 2.45) is 7.05 Å². The Hall–Kier alpha value is -2.67. The lowest BCUT2D eigenvalue weighted by atomic mass is 10.0. The summed E-state index contributed by atoms with van der Waals surface area (Å²) in [5.41, 5.74) is 3.73. The molecule has 0 unspecified atom stereocenters. The van der Waals surface area contributed by atoms with Gasteiger partial charge in [0.15, 0.2) is 0 Å². The van der Waals surface area contributed by atoms with Crippen LogP contribution in [0.5, 0.6) is 0 Å². The molecule has 0 radical (unpaired) electrons. The smallest absolute Gasteiger partial charge is 0.256 e. The summed E-state index contributed by atoms with van der Waals surface area (Å²) in [6.07, 6.45) is 2.67. The molecule has 26 heavy (non-hydrogen) atoms. The predicted octanol–water partition coefficient (Wildman–Crippen LogP) is 2.18. The summed E-state index contributed by atoms with van der Waals surface area (Å²) in [4.78, 5) is 15.3. The van der Waals surface area contributed by atoms with Crippen LogP contribution in [-0.2, 0) is 24.8 Å². The number of carbonyl (C=O) groups is 1. The highest BCUT2D eigenvalue weighted by molar-refractivity contribution is 6.07. The molecular weight excluding hydrogens is 330 g/mol. The van der Waals surface area contributed by atoms with E-state index in [1.54, 1.807) is 7.11 Å². The molecule has 0 fully saturated rings. The van der Waals surface area contributed by atoms with Crippen LogP contribution in [0.25, 0.3) is 10.9 Å². The summed E-state index contributed by atoms with van der Waals surface area (Å²) >= 11 is 0. The fourth-order valence-electron chi connectivity index (χ4n) is 3.88. The zero-order valence-corrected chi connectivity index (χ0v) is 15.3. The Morgan fingerprint density at radius 2 is 2.15 bits per heavy atom. The number of hydrogen-bond acceptors (Lipinski definition) is 4. The van der Waals surface area contributed by atoms with E-state index >= 15 is 0 Å². The Labute approximate surface area is 152 Å². The SMILES string of the molecule is CCn1nnc2c1CCN(C(=O)c1cn(C)c3ccccc13)[C@H]2COC. The van der Waals surface area contributed by atoms with Crippen LogP contribution in [-0.4, -0.2) is 50.6 Å². The molecule has 4 rings (SSSR count). The molecule has 7 heteroatoms. The van der Waals surface area contributed by atoms with Crippen LogP contribution >= 0.6 is 0 Å². The minimum atomic E-state index is -0.212. The van der Waals surface area contributed by atoms with Crippen molar-refractivity contribution in [3.05, 3.63) is 47.4 Å². The van der Waals surface area contributed by atoms with Gasteiger partial charge in [0.25, 0.3) is 5.91 Å². The van der Waals surface area contributed by atoms with E-state index in [0.29, 0.717) is 13.2 Å². The van der Waals surface area contributed by atoms with Gasteiger partial charge >= 0.3 is 0 Å². The average molecular weight is 353 g/mol. The first-order valence-corrected chi connectivity index (χ1v) is 8.92. The Morgan fingerprint density at radius 3 is 2.92 bits per heavy atom. The molecule has 0 aliphatic carbocycles. The molecule has 136 valence electrons. The van der Waals surface area contributed by atoms with Crippen molar-refractivity contribution >= 4 is 16.8 Å². The van der Waals surface area contributed by atoms with Crippen LogP contribution in [0.15, 0.2) is 30.5 Å². The van der Waals surface area contributed by atoms with Crippen molar-refractivity contribution < 1.29 is 9.53 Å². The fraction of sp³-hybridized carbons (Fsp3) is 0.421. The van der Waals surface area contributed by atoms with E-state index in [0.717, 1.165) is 40.8 Å². The van der Waals surface area contributed by atoms with E-state index < -0.39 is 0 Å². The lowest BCUT2D eigenvalue weighted by molar-refractivity contribution is 0.0492. The normalized spacial score (nSPS) is 16.9. The van der Waals surface area contributed by atoms with Crippen molar-refractivity contribution in [1.29, 1.82) is 0 Å². The molecule has 1 atom stereocenters. The molecule has 1 aromatic carbocycles. The van der Waals surface area contributed by atoms with Gasteiger partial charge in [0.1, 0.15) is 11.7 Å². The van der Waals surface area contributed by atoms with Gasteiger partial charge in [-0.15, -0.1) is 5.10 Å². The first-order valence-electron chi connectivity index (χ1n) is 8.92. The van der Waals surface area contributed by atoms with Crippen molar-refractivity contribution in [3.8, 4) is 0 Å². The summed E-state index contributed by atoms with van der Waals surface area (Å²) in [5, 5.41) is 9.57. The molecule has 2 aromatic heterocycles. The minimum Gasteiger partial charge on any atom is -0.382 e. The van der Waals surface area contributed by atoms with Crippen LogP contribution in [0, 0.1) is 0 Å². The molecule has 1 aliphatic rings. The second kappa shape index (κ2) is 6.57. The predicted molar refractivity (Wildman–Crippen MR) is 98.0 cm³/mol. The molecular formula is C19H23N5O2. The van der Waals surface area contributed by atoms with Gasteiger partial charge in [-0.2, -0.15) is 0 Å². The van der Waals surface area contributed by atoms with Crippen molar-refractivity contribution in [2.45, 2.75) is 25.9 Å². The summed E-state index contributed by atoms with van der Waals surface area (Å²) in [6.45, 7) is 3.87. The highest BCUT2D eigenvalue weighted by Crippen LogP contribution is 2.31. The van der Waals surface area contributed by atoms with E-state index in [1.165, 1.54) is 0 Å². The van der Waals surface area contributed by atoms with Gasteiger partial charge in [-0.1, -0.05) is 23.4 Å². The Morgan fingerprint density at radius 1 is 1.35 bits per heavy atom. The first kappa shape index (κ1) is 16.8. The van der Waals surface area contributed by atoms with Gasteiger partial charge in [0, 0.05) is 50.8 Å². The van der Waals surface area contributed by atoms with Crippen molar-refractivity contribution in [1.82, 2.24) is 24.5 Å². The largest absolute Gasteiger partial charge is 0.382 e. The van der Waals surface area contributed by atoms with E-state index in [9.17, 15) is 4.79 Å². The maximum absolute atomic E-state index is 13.4. The summed E-state index contributed by atoms with van der Waals surface area (Å²) in [7, 11) is 3.62. The second-order valence-corrected chi connectivity index (χ2v) is 6.63. The quantitative estimate of drug-likeness (QED) is 0.721. The van der Waals surface area contributed by atoms with Gasteiger partial charge in [0.05, 0.1) is 17.9 Å². The number of benzene rings is 1. The molecule has 1 aliphatic heterocycles. The number of rotatable bonds is 4. The molecule has 7 nitrogen and oxygen atoms in total. The Bertz CT molecular complexity index is 958. The molecule has 3 heterocycles. The van der Waals surface area contributed by atoms with Crippen molar-refractivity contribution in [3.63, 3.8) is 0 Å². The molecule has 0 saturated heterocycles. The van der Waals surface area contributed by atoms with Crippen LogP contribution in [0.4, 0.5) is 0 Å². The zero-order chi connectivity index (χ0) is 18.3. The van der Waals surface area contributed by atoms with E-state index in [-0.39, 0.29) is 11.9 Å². The lowest BCUT2D eigenvalue weighted by Crippen LogP contribution is -2.42. The first-order chi connectivity index (χ1) is 12.7. The van der Waals surface area contributed by atoms with Gasteiger partial charge in [0.2, 0.25) is 0 Å². The number of aryl methyl sites for hydroxylation is 2. The maximum Gasteiger partial charge on any atom is 0.256 e. The number of hydrogen-bond donors (Lipinski definition) is 0. The number of para-hydroxylation sites is 1. The summed E-state index contributed by atoms with van der Waals surface area (Å²) in [6, 6.07) is 7.76. The average Bonchev–Trinajstić information content (AvgIpc) is 3.23. The highest BCUT2D eigenvalue weighted by Gasteiger charge is 2.36. The van der Waals surface area contributed by atoms with Gasteiger partial charge in [-0.25, -0.2) is 4.68 Å². The molecule has 1 amide bonds. The van der Waals surface area contributed by atoms with Crippen LogP contribution in [0.1, 0.15) is 34.7 Å². The third-order valence-corrected chi connectivity index (χ3v) is 5.16. The number of amides is 1. The molecule has 0 N–H and O–H groups in total. The van der Waals surface area contributed by atoms with E-state index in [1.807, 2.05) is 58.6 Å². The number of aromatic nitrogens is 4. The van der Waals surface area contributed by atoms with Crippen LogP contribution in [0.3, 0.4) is 0 Å². The minimum absolute atomic E-state index is 0.0144. The standard InChI is InChI=1S/C19H23N5O2/c1-4-24-16-9-10-23(17(12-26-3)18(16)20-21-24)19(25)14-11-22(2)15-8-6-5-7-13(14)15/h5-8,11,17H,4,9-10,12H2,1-3H3/t17-/m0/s1.